The van der Waals surface area contributed by atoms with E-state index in [1.807, 2.05) is 91.0 Å². The number of carbonyl (C=O) groups excluding carboxylic acids is 2. The predicted octanol–water partition coefficient (Wildman–Crippen LogP) is 3.92. The Balaban J connectivity index is 1.38. The van der Waals surface area contributed by atoms with Gasteiger partial charge in [0.05, 0.1) is 6.04 Å². The molecule has 1 amide bonds. The zero-order chi connectivity index (χ0) is 24.0. The Hall–Kier alpha value is -3.77. The molecule has 1 unspecified atom stereocenters. The second-order valence-corrected chi connectivity index (χ2v) is 8.53. The van der Waals surface area contributed by atoms with Crippen molar-refractivity contribution in [3.8, 4) is 0 Å². The summed E-state index contributed by atoms with van der Waals surface area (Å²) >= 11 is 0. The number of ketones is 1. The number of aliphatic imine (C=N–C) groups is 1. The molecule has 0 fully saturated rings. The first-order valence-corrected chi connectivity index (χ1v) is 11.7. The second-order valence-electron chi connectivity index (χ2n) is 8.53. The van der Waals surface area contributed by atoms with Gasteiger partial charge in [0.15, 0.2) is 17.3 Å². The van der Waals surface area contributed by atoms with Gasteiger partial charge < -0.3 is 11.5 Å². The van der Waals surface area contributed by atoms with Crippen LogP contribution in [0, 0.1) is 0 Å². The van der Waals surface area contributed by atoms with Crippen molar-refractivity contribution in [2.45, 2.75) is 37.3 Å². The van der Waals surface area contributed by atoms with Gasteiger partial charge in [-0.3, -0.25) is 14.5 Å². The number of guanidine groups is 1. The Morgan fingerprint density at radius 2 is 1.35 bits per heavy atom. The van der Waals surface area contributed by atoms with Crippen LogP contribution in [0.5, 0.6) is 0 Å². The highest BCUT2D eigenvalue weighted by molar-refractivity contribution is 6.09. The molecule has 34 heavy (non-hydrogen) atoms. The molecule has 4 rings (SSSR count). The molecule has 1 heterocycles. The number of benzene rings is 3. The fraction of sp³-hybridized carbons (Fsp3) is 0.250. The topological polar surface area (TPSA) is 102 Å². The average molecular weight is 455 g/mol. The van der Waals surface area contributed by atoms with E-state index in [0.29, 0.717) is 19.4 Å². The maximum Gasteiger partial charge on any atom is 0.266 e. The molecule has 6 nitrogen and oxygen atoms in total. The number of amides is 1. The molecule has 0 saturated carbocycles. The summed E-state index contributed by atoms with van der Waals surface area (Å²) < 4.78 is 0. The molecule has 3 aromatic rings. The average Bonchev–Trinajstić information content (AvgIpc) is 3.15. The van der Waals surface area contributed by atoms with Crippen molar-refractivity contribution in [2.75, 3.05) is 6.54 Å². The number of nitrogens with zero attached hydrogens (tertiary/aromatic N) is 2. The minimum absolute atomic E-state index is 0.0247. The first-order chi connectivity index (χ1) is 16.5. The number of unbranched alkanes of at least 4 members (excludes halogenated alkanes) is 2. The summed E-state index contributed by atoms with van der Waals surface area (Å²) in [7, 11) is 0. The lowest BCUT2D eigenvalue weighted by atomic mass is 9.83. The van der Waals surface area contributed by atoms with E-state index in [4.69, 9.17) is 16.5 Å². The molecule has 3 aromatic carbocycles. The van der Waals surface area contributed by atoms with Gasteiger partial charge in [0.2, 0.25) is 0 Å². The van der Waals surface area contributed by atoms with Crippen molar-refractivity contribution >= 4 is 17.6 Å². The van der Waals surface area contributed by atoms with Crippen LogP contribution in [0.3, 0.4) is 0 Å². The lowest BCUT2D eigenvalue weighted by Crippen LogP contribution is -2.44. The van der Waals surface area contributed by atoms with Crippen molar-refractivity contribution in [3.63, 3.8) is 0 Å². The zero-order valence-corrected chi connectivity index (χ0v) is 19.1. The molecule has 0 saturated heterocycles. The van der Waals surface area contributed by atoms with E-state index in [9.17, 15) is 9.59 Å². The van der Waals surface area contributed by atoms with Gasteiger partial charge in [-0.25, -0.2) is 4.99 Å². The van der Waals surface area contributed by atoms with Crippen LogP contribution in [0.4, 0.5) is 0 Å². The molecular formula is C28H30N4O2. The van der Waals surface area contributed by atoms with Gasteiger partial charge >= 0.3 is 0 Å². The molecule has 1 aliphatic heterocycles. The normalized spacial score (nSPS) is 15.7. The Kier molecular flexibility index (Phi) is 7.18. The highest BCUT2D eigenvalue weighted by Gasteiger charge is 2.50. The zero-order valence-electron chi connectivity index (χ0n) is 19.1. The van der Waals surface area contributed by atoms with Crippen LogP contribution >= 0.6 is 0 Å². The van der Waals surface area contributed by atoms with Crippen molar-refractivity contribution in [1.29, 1.82) is 0 Å². The molecular weight excluding hydrogens is 424 g/mol. The lowest BCUT2D eigenvalue weighted by molar-refractivity contribution is -0.130. The second kappa shape index (κ2) is 10.4. The van der Waals surface area contributed by atoms with E-state index in [2.05, 4.69) is 0 Å². The van der Waals surface area contributed by atoms with Crippen LogP contribution in [-0.2, 0) is 15.1 Å². The number of hydrogen-bond donors (Lipinski definition) is 2. The number of carbonyl (C=O) groups is 2. The third-order valence-electron chi connectivity index (χ3n) is 6.31. The monoisotopic (exact) mass is 454 g/mol. The van der Waals surface area contributed by atoms with E-state index in [-0.39, 0.29) is 17.6 Å². The molecule has 0 aliphatic carbocycles. The summed E-state index contributed by atoms with van der Waals surface area (Å²) in [6.45, 7) is 0.453. The van der Waals surface area contributed by atoms with Crippen molar-refractivity contribution in [3.05, 3.63) is 108 Å². The molecule has 4 N–H and O–H groups in total. The number of hydrogen-bond acceptors (Lipinski definition) is 5. The molecule has 0 aromatic heterocycles. The maximum absolute atomic E-state index is 13.7. The van der Waals surface area contributed by atoms with Gasteiger partial charge in [-0.2, -0.15) is 0 Å². The van der Waals surface area contributed by atoms with Crippen LogP contribution in [0.1, 0.15) is 48.4 Å². The molecule has 6 heteroatoms. The number of nitrogens with two attached hydrogens (primary N) is 2. The molecule has 1 atom stereocenters. The van der Waals surface area contributed by atoms with Gasteiger partial charge in [0.1, 0.15) is 0 Å². The standard InChI is InChI=1S/C28H30N4O2/c29-25(21-13-5-1-6-14-21)24(33)19-11-4-12-20-32-26(34)28(31-27(32)30,22-15-7-2-8-16-22)23-17-9-3-10-18-23/h1-3,5-10,13-18,25H,4,11-12,19-20,29H2,(H2,30,31). The van der Waals surface area contributed by atoms with Gasteiger partial charge in [-0.15, -0.1) is 0 Å². The Morgan fingerprint density at radius 1 is 0.824 bits per heavy atom. The maximum atomic E-state index is 13.7. The van der Waals surface area contributed by atoms with Gasteiger partial charge in [0, 0.05) is 13.0 Å². The van der Waals surface area contributed by atoms with Gasteiger partial charge in [0.25, 0.3) is 5.91 Å². The summed E-state index contributed by atoms with van der Waals surface area (Å²) in [5, 5.41) is 0. The van der Waals surface area contributed by atoms with Gasteiger partial charge in [-0.05, 0) is 29.5 Å². The summed E-state index contributed by atoms with van der Waals surface area (Å²) in [6, 6.07) is 27.9. The highest BCUT2D eigenvalue weighted by Crippen LogP contribution is 2.39. The predicted molar refractivity (Wildman–Crippen MR) is 134 cm³/mol. The van der Waals surface area contributed by atoms with Crippen LogP contribution in [0.15, 0.2) is 96.0 Å². The van der Waals surface area contributed by atoms with Gasteiger partial charge in [-0.1, -0.05) is 97.4 Å². The molecule has 0 spiro atoms. The van der Waals surface area contributed by atoms with Crippen LogP contribution in [-0.4, -0.2) is 29.1 Å². The molecule has 174 valence electrons. The molecule has 0 bridgehead atoms. The van der Waals surface area contributed by atoms with Crippen molar-refractivity contribution in [2.24, 2.45) is 16.5 Å². The van der Waals surface area contributed by atoms with Crippen LogP contribution < -0.4 is 11.5 Å². The molecule has 1 aliphatic rings. The summed E-state index contributed by atoms with van der Waals surface area (Å²) in [5.41, 5.74) is 13.6. The van der Waals surface area contributed by atoms with Crippen molar-refractivity contribution < 1.29 is 9.59 Å². The minimum atomic E-state index is -1.18. The largest absolute Gasteiger partial charge is 0.369 e. The highest BCUT2D eigenvalue weighted by atomic mass is 16.2. The quantitative estimate of drug-likeness (QED) is 0.453. The first kappa shape index (κ1) is 23.4. The summed E-state index contributed by atoms with van der Waals surface area (Å²) in [5.74, 6) is 0.0983. The number of rotatable bonds is 10. The van der Waals surface area contributed by atoms with E-state index < -0.39 is 11.6 Å². The Bertz CT molecular complexity index is 1110. The first-order valence-electron chi connectivity index (χ1n) is 11.7. The minimum Gasteiger partial charge on any atom is -0.369 e. The van der Waals surface area contributed by atoms with E-state index in [0.717, 1.165) is 29.5 Å². The number of Topliss-reactive ketones (excluding diaryl/α,β-unsaturated/α-hetero) is 1. The van der Waals surface area contributed by atoms with E-state index in [1.54, 1.807) is 4.90 Å². The Morgan fingerprint density at radius 3 is 1.91 bits per heavy atom. The van der Waals surface area contributed by atoms with Crippen molar-refractivity contribution in [1.82, 2.24) is 4.90 Å². The van der Waals surface area contributed by atoms with Crippen LogP contribution in [0.25, 0.3) is 0 Å². The third-order valence-corrected chi connectivity index (χ3v) is 6.31. The third kappa shape index (κ3) is 4.63. The van der Waals surface area contributed by atoms with Crippen LogP contribution in [0.2, 0.25) is 0 Å². The fourth-order valence-electron chi connectivity index (χ4n) is 4.44. The summed E-state index contributed by atoms with van der Waals surface area (Å²) in [6.07, 6.45) is 2.62. The van der Waals surface area contributed by atoms with E-state index >= 15 is 0 Å². The molecule has 0 radical (unpaired) electrons. The smallest absolute Gasteiger partial charge is 0.266 e. The Labute approximate surface area is 200 Å². The lowest BCUT2D eigenvalue weighted by Gasteiger charge is -2.27. The summed E-state index contributed by atoms with van der Waals surface area (Å²) in [4.78, 5) is 32.4. The van der Waals surface area contributed by atoms with E-state index in [1.165, 1.54) is 0 Å². The SMILES string of the molecule is NC1=NC(c2ccccc2)(c2ccccc2)C(=O)N1CCCCCC(=O)C(N)c1ccccc1. The fourth-order valence-corrected chi connectivity index (χ4v) is 4.44.